The molecule has 0 aromatic carbocycles. The molecule has 1 heterocycles. The van der Waals surface area contributed by atoms with E-state index in [1.807, 2.05) is 0 Å². The molecular weight excluding hydrogens is 174 g/mol. The molecule has 1 unspecified atom stereocenters. The second kappa shape index (κ2) is 3.67. The summed E-state index contributed by atoms with van der Waals surface area (Å²) in [5.74, 6) is 2.11. The number of hydrogen-bond acceptors (Lipinski definition) is 2. The Hall–Kier alpha value is -0.340. The molecule has 0 aromatic heterocycles. The summed E-state index contributed by atoms with van der Waals surface area (Å²) in [5, 5.41) is 3.69. The van der Waals surface area contributed by atoms with Crippen molar-refractivity contribution in [2.75, 3.05) is 19.8 Å². The normalized spacial score (nSPS) is 40.6. The fourth-order valence-corrected chi connectivity index (χ4v) is 2.95. The van der Waals surface area contributed by atoms with Crippen LogP contribution in [0.3, 0.4) is 0 Å². The molecule has 3 rings (SSSR count). The van der Waals surface area contributed by atoms with E-state index in [0.29, 0.717) is 0 Å². The lowest BCUT2D eigenvalue weighted by atomic mass is 10.1. The summed E-state index contributed by atoms with van der Waals surface area (Å²) in [6, 6.07) is 0.822. The van der Waals surface area contributed by atoms with Crippen molar-refractivity contribution in [3.8, 4) is 0 Å². The first-order valence-electron chi connectivity index (χ1n) is 5.92. The van der Waals surface area contributed by atoms with Gasteiger partial charge in [-0.05, 0) is 43.1 Å². The van der Waals surface area contributed by atoms with Crippen molar-refractivity contribution in [3.05, 3.63) is 11.6 Å². The maximum atomic E-state index is 5.43. The zero-order chi connectivity index (χ0) is 9.38. The molecule has 14 heavy (non-hydrogen) atoms. The van der Waals surface area contributed by atoms with Gasteiger partial charge in [0.1, 0.15) is 0 Å². The van der Waals surface area contributed by atoms with Crippen molar-refractivity contribution < 1.29 is 4.74 Å². The average Bonchev–Trinajstić information content (AvgIpc) is 2.92. The van der Waals surface area contributed by atoms with Gasteiger partial charge in [0.15, 0.2) is 0 Å². The third-order valence-corrected chi connectivity index (χ3v) is 3.92. The summed E-state index contributed by atoms with van der Waals surface area (Å²) in [6.07, 6.45) is 7.82. The number of nitrogens with one attached hydrogen (secondary N) is 1. The van der Waals surface area contributed by atoms with Crippen LogP contribution >= 0.6 is 0 Å². The number of hydrogen-bond donors (Lipinski definition) is 1. The minimum absolute atomic E-state index is 0.822. The molecule has 2 saturated carbocycles. The third kappa shape index (κ3) is 1.73. The van der Waals surface area contributed by atoms with Crippen LogP contribution in [0.1, 0.15) is 25.7 Å². The summed E-state index contributed by atoms with van der Waals surface area (Å²) >= 11 is 0. The van der Waals surface area contributed by atoms with Gasteiger partial charge in [-0.15, -0.1) is 0 Å². The second-order valence-corrected chi connectivity index (χ2v) is 4.93. The van der Waals surface area contributed by atoms with Crippen LogP contribution < -0.4 is 5.32 Å². The molecule has 0 radical (unpaired) electrons. The lowest BCUT2D eigenvalue weighted by Gasteiger charge is -2.18. The maximum Gasteiger partial charge on any atom is 0.0689 e. The van der Waals surface area contributed by atoms with Crippen molar-refractivity contribution >= 4 is 0 Å². The molecule has 2 heteroatoms. The summed E-state index contributed by atoms with van der Waals surface area (Å²) in [6.45, 7) is 2.83. The van der Waals surface area contributed by atoms with Crippen LogP contribution in [0.15, 0.2) is 11.6 Å². The quantitative estimate of drug-likeness (QED) is 0.689. The number of rotatable bonds is 3. The highest BCUT2D eigenvalue weighted by Gasteiger charge is 2.47. The van der Waals surface area contributed by atoms with Crippen molar-refractivity contribution in [2.45, 2.75) is 31.7 Å². The predicted octanol–water partition coefficient (Wildman–Crippen LogP) is 1.72. The van der Waals surface area contributed by atoms with Crippen LogP contribution in [0.2, 0.25) is 0 Å². The SMILES string of the molecule is C1=C(CNC2CC[C@@H]3C[C@H]23)COCC1. The van der Waals surface area contributed by atoms with Crippen LogP contribution in [0, 0.1) is 11.8 Å². The lowest BCUT2D eigenvalue weighted by Crippen LogP contribution is -2.32. The molecule has 3 aliphatic rings. The average molecular weight is 193 g/mol. The standard InChI is InChI=1S/C12H19NO/c1-2-9(8-14-5-1)7-13-12-4-3-10-6-11(10)12/h2,10-13H,1,3-8H2/t10-,11+,12?/m1/s1. The Balaban J connectivity index is 1.46. The van der Waals surface area contributed by atoms with Gasteiger partial charge in [0, 0.05) is 12.6 Å². The van der Waals surface area contributed by atoms with Crippen molar-refractivity contribution in [1.29, 1.82) is 0 Å². The van der Waals surface area contributed by atoms with Gasteiger partial charge in [0.25, 0.3) is 0 Å². The highest BCUT2D eigenvalue weighted by Crippen LogP contribution is 2.51. The van der Waals surface area contributed by atoms with E-state index in [1.54, 1.807) is 0 Å². The Bertz CT molecular complexity index is 249. The Morgan fingerprint density at radius 3 is 3.07 bits per heavy atom. The molecule has 0 saturated heterocycles. The first-order valence-corrected chi connectivity index (χ1v) is 5.92. The predicted molar refractivity (Wildman–Crippen MR) is 56.1 cm³/mol. The van der Waals surface area contributed by atoms with Crippen LogP contribution in [0.25, 0.3) is 0 Å². The number of ether oxygens (including phenoxy) is 1. The van der Waals surface area contributed by atoms with Crippen molar-refractivity contribution in [2.24, 2.45) is 11.8 Å². The van der Waals surface area contributed by atoms with E-state index >= 15 is 0 Å². The highest BCUT2D eigenvalue weighted by molar-refractivity contribution is 5.09. The minimum atomic E-state index is 0.822. The van der Waals surface area contributed by atoms with E-state index in [4.69, 9.17) is 4.74 Å². The van der Waals surface area contributed by atoms with Gasteiger partial charge in [0.2, 0.25) is 0 Å². The first-order chi connectivity index (χ1) is 6.93. The lowest BCUT2D eigenvalue weighted by molar-refractivity contribution is 0.148. The highest BCUT2D eigenvalue weighted by atomic mass is 16.5. The molecular formula is C12H19NO. The maximum absolute atomic E-state index is 5.43. The van der Waals surface area contributed by atoms with Gasteiger partial charge in [-0.2, -0.15) is 0 Å². The summed E-state index contributed by atoms with van der Waals surface area (Å²) in [7, 11) is 0. The molecule has 1 N–H and O–H groups in total. The van der Waals surface area contributed by atoms with Gasteiger partial charge in [-0.1, -0.05) is 6.08 Å². The fraction of sp³-hybridized carbons (Fsp3) is 0.833. The second-order valence-electron chi connectivity index (χ2n) is 4.93. The molecule has 2 fully saturated rings. The summed E-state index contributed by atoms with van der Waals surface area (Å²) < 4.78 is 5.43. The van der Waals surface area contributed by atoms with Crippen molar-refractivity contribution in [1.82, 2.24) is 5.32 Å². The zero-order valence-electron chi connectivity index (χ0n) is 8.67. The third-order valence-electron chi connectivity index (χ3n) is 3.92. The van der Waals surface area contributed by atoms with Gasteiger partial charge >= 0.3 is 0 Å². The van der Waals surface area contributed by atoms with E-state index in [-0.39, 0.29) is 0 Å². The Kier molecular flexibility index (Phi) is 2.34. The molecule has 2 nitrogen and oxygen atoms in total. The van der Waals surface area contributed by atoms with E-state index in [9.17, 15) is 0 Å². The molecule has 3 atom stereocenters. The van der Waals surface area contributed by atoms with Gasteiger partial charge < -0.3 is 10.1 Å². The Labute approximate surface area is 85.7 Å². The largest absolute Gasteiger partial charge is 0.377 e. The van der Waals surface area contributed by atoms with E-state index < -0.39 is 0 Å². The molecule has 78 valence electrons. The summed E-state index contributed by atoms with van der Waals surface area (Å²) in [4.78, 5) is 0. The molecule has 0 amide bonds. The fourth-order valence-electron chi connectivity index (χ4n) is 2.95. The van der Waals surface area contributed by atoms with E-state index in [2.05, 4.69) is 11.4 Å². The monoisotopic (exact) mass is 193 g/mol. The van der Waals surface area contributed by atoms with Crippen molar-refractivity contribution in [3.63, 3.8) is 0 Å². The first kappa shape index (κ1) is 8.93. The zero-order valence-corrected chi connectivity index (χ0v) is 8.67. The molecule has 2 aliphatic carbocycles. The van der Waals surface area contributed by atoms with Crippen LogP contribution in [0.4, 0.5) is 0 Å². The van der Waals surface area contributed by atoms with E-state index in [0.717, 1.165) is 44.1 Å². The smallest absolute Gasteiger partial charge is 0.0689 e. The van der Waals surface area contributed by atoms with Crippen LogP contribution in [-0.2, 0) is 4.74 Å². The van der Waals surface area contributed by atoms with Gasteiger partial charge in [0.05, 0.1) is 13.2 Å². The Morgan fingerprint density at radius 1 is 1.43 bits per heavy atom. The Morgan fingerprint density at radius 2 is 2.43 bits per heavy atom. The molecule has 0 aromatic rings. The topological polar surface area (TPSA) is 21.3 Å². The van der Waals surface area contributed by atoms with Crippen LogP contribution in [-0.4, -0.2) is 25.8 Å². The molecule has 0 bridgehead atoms. The van der Waals surface area contributed by atoms with Crippen LogP contribution in [0.5, 0.6) is 0 Å². The molecule has 1 aliphatic heterocycles. The molecule has 0 spiro atoms. The van der Waals surface area contributed by atoms with Gasteiger partial charge in [-0.3, -0.25) is 0 Å². The van der Waals surface area contributed by atoms with Gasteiger partial charge in [-0.25, -0.2) is 0 Å². The number of fused-ring (bicyclic) bond motifs is 1. The van der Waals surface area contributed by atoms with E-state index in [1.165, 1.54) is 24.8 Å². The summed E-state index contributed by atoms with van der Waals surface area (Å²) in [5.41, 5.74) is 1.46. The minimum Gasteiger partial charge on any atom is -0.377 e.